The summed E-state index contributed by atoms with van der Waals surface area (Å²) < 4.78 is 5.07. The van der Waals surface area contributed by atoms with Crippen molar-refractivity contribution in [3.8, 4) is 0 Å². The molecular weight excluding hydrogens is 228 g/mol. The zero-order chi connectivity index (χ0) is 13.4. The predicted octanol–water partition coefficient (Wildman–Crippen LogP) is 3.28. The van der Waals surface area contributed by atoms with Crippen molar-refractivity contribution in [1.82, 2.24) is 4.90 Å². The highest BCUT2D eigenvalue weighted by molar-refractivity contribution is 5.90. The molecule has 1 radical (unpaired) electrons. The Kier molecular flexibility index (Phi) is 6.76. The second-order valence-corrected chi connectivity index (χ2v) is 4.81. The minimum Gasteiger partial charge on any atom is -0.448 e. The van der Waals surface area contributed by atoms with Crippen molar-refractivity contribution in [3.63, 3.8) is 0 Å². The number of amides is 1. The molecular formula is C14H25N2O2. The highest BCUT2D eigenvalue weighted by Gasteiger charge is 2.22. The maximum atomic E-state index is 11.5. The van der Waals surface area contributed by atoms with Gasteiger partial charge in [-0.2, -0.15) is 4.99 Å². The number of unbranched alkanes of at least 4 members (excludes halogenated alkanes) is 2. The van der Waals surface area contributed by atoms with Gasteiger partial charge in [0.1, 0.15) is 5.84 Å². The SMILES string of the molecule is C[CH]C1CCN(/C(C)=N/C(=O)OCCCCC)C1. The normalized spacial score (nSPS) is 20.3. The van der Waals surface area contributed by atoms with E-state index in [0.29, 0.717) is 12.5 Å². The van der Waals surface area contributed by atoms with Crippen LogP contribution in [-0.2, 0) is 4.74 Å². The van der Waals surface area contributed by atoms with Gasteiger partial charge in [-0.15, -0.1) is 0 Å². The molecule has 0 bridgehead atoms. The molecule has 0 aromatic heterocycles. The Morgan fingerprint density at radius 3 is 2.89 bits per heavy atom. The average Bonchev–Trinajstić information content (AvgIpc) is 2.83. The molecule has 1 unspecified atom stereocenters. The van der Waals surface area contributed by atoms with E-state index in [0.717, 1.165) is 44.6 Å². The van der Waals surface area contributed by atoms with Gasteiger partial charge in [-0.1, -0.05) is 26.7 Å². The summed E-state index contributed by atoms with van der Waals surface area (Å²) >= 11 is 0. The minimum absolute atomic E-state index is 0.451. The molecule has 4 nitrogen and oxygen atoms in total. The number of hydrogen-bond donors (Lipinski definition) is 0. The second kappa shape index (κ2) is 8.11. The standard InChI is InChI=1S/C14H25N2O2/c1-4-6-7-10-18-14(17)15-12(3)16-9-8-13(5-2)11-16/h5,13H,4,6-11H2,1-3H3/b15-12+. The quantitative estimate of drug-likeness (QED) is 0.429. The lowest BCUT2D eigenvalue weighted by molar-refractivity contribution is 0.154. The lowest BCUT2D eigenvalue weighted by atomic mass is 10.1. The highest BCUT2D eigenvalue weighted by atomic mass is 16.5. The van der Waals surface area contributed by atoms with E-state index in [9.17, 15) is 4.79 Å². The first kappa shape index (κ1) is 15.0. The number of hydrogen-bond acceptors (Lipinski definition) is 2. The third-order valence-corrected chi connectivity index (χ3v) is 3.38. The van der Waals surface area contributed by atoms with Gasteiger partial charge in [-0.05, 0) is 32.1 Å². The molecule has 0 spiro atoms. The summed E-state index contributed by atoms with van der Waals surface area (Å²) in [5.41, 5.74) is 0. The molecule has 1 saturated heterocycles. The molecule has 0 aliphatic carbocycles. The second-order valence-electron chi connectivity index (χ2n) is 4.81. The molecule has 1 fully saturated rings. The summed E-state index contributed by atoms with van der Waals surface area (Å²) in [5, 5.41) is 0. The average molecular weight is 253 g/mol. The first-order valence-electron chi connectivity index (χ1n) is 6.93. The third-order valence-electron chi connectivity index (χ3n) is 3.38. The van der Waals surface area contributed by atoms with Gasteiger partial charge in [0.15, 0.2) is 0 Å². The lowest BCUT2D eigenvalue weighted by Gasteiger charge is -2.17. The summed E-state index contributed by atoms with van der Waals surface area (Å²) in [6, 6.07) is 0. The van der Waals surface area contributed by atoms with E-state index in [1.54, 1.807) is 0 Å². The van der Waals surface area contributed by atoms with Crippen LogP contribution < -0.4 is 0 Å². The van der Waals surface area contributed by atoms with Gasteiger partial charge in [-0.3, -0.25) is 0 Å². The Balaban J connectivity index is 2.29. The summed E-state index contributed by atoms with van der Waals surface area (Å²) in [5.74, 6) is 1.40. The Morgan fingerprint density at radius 1 is 1.50 bits per heavy atom. The summed E-state index contributed by atoms with van der Waals surface area (Å²) in [4.78, 5) is 17.6. The first-order valence-corrected chi connectivity index (χ1v) is 6.93. The maximum Gasteiger partial charge on any atom is 0.435 e. The van der Waals surface area contributed by atoms with Gasteiger partial charge in [0, 0.05) is 13.1 Å². The molecule has 0 aromatic carbocycles. The molecule has 1 amide bonds. The Bertz CT molecular complexity index is 290. The van der Waals surface area contributed by atoms with Crippen LogP contribution in [0.5, 0.6) is 0 Å². The molecule has 1 atom stereocenters. The third kappa shape index (κ3) is 5.07. The summed E-state index contributed by atoms with van der Waals surface area (Å²) in [6.45, 7) is 8.52. The molecule has 0 N–H and O–H groups in total. The Hall–Kier alpha value is -1.06. The molecule has 18 heavy (non-hydrogen) atoms. The van der Waals surface area contributed by atoms with Crippen molar-refractivity contribution in [2.45, 2.75) is 46.5 Å². The number of carbonyl (C=O) groups is 1. The monoisotopic (exact) mass is 253 g/mol. The van der Waals surface area contributed by atoms with Crippen LogP contribution >= 0.6 is 0 Å². The fourth-order valence-corrected chi connectivity index (χ4v) is 2.10. The van der Waals surface area contributed by atoms with Crippen LogP contribution in [0.15, 0.2) is 4.99 Å². The number of rotatable bonds is 5. The van der Waals surface area contributed by atoms with Crippen LogP contribution in [0.3, 0.4) is 0 Å². The predicted molar refractivity (Wildman–Crippen MR) is 73.6 cm³/mol. The van der Waals surface area contributed by atoms with E-state index >= 15 is 0 Å². The van der Waals surface area contributed by atoms with E-state index in [2.05, 4.69) is 30.2 Å². The van der Waals surface area contributed by atoms with E-state index in [4.69, 9.17) is 4.74 Å². The number of amidine groups is 1. The molecule has 1 aliphatic heterocycles. The maximum absolute atomic E-state index is 11.5. The van der Waals surface area contributed by atoms with Gasteiger partial charge in [0.2, 0.25) is 0 Å². The summed E-state index contributed by atoms with van der Waals surface area (Å²) in [6.07, 6.45) is 6.06. The molecule has 4 heteroatoms. The number of carbonyl (C=O) groups excluding carboxylic acids is 1. The van der Waals surface area contributed by atoms with Gasteiger partial charge >= 0.3 is 6.09 Å². The Morgan fingerprint density at radius 2 is 2.28 bits per heavy atom. The van der Waals surface area contributed by atoms with Crippen molar-refractivity contribution in [3.05, 3.63) is 6.42 Å². The van der Waals surface area contributed by atoms with E-state index in [1.165, 1.54) is 0 Å². The first-order chi connectivity index (χ1) is 8.67. The topological polar surface area (TPSA) is 41.9 Å². The van der Waals surface area contributed by atoms with E-state index in [-0.39, 0.29) is 0 Å². The van der Waals surface area contributed by atoms with E-state index in [1.807, 2.05) is 6.92 Å². The minimum atomic E-state index is -0.451. The number of ether oxygens (including phenoxy) is 1. The van der Waals surface area contributed by atoms with Crippen LogP contribution in [0.1, 0.15) is 46.5 Å². The molecule has 1 aliphatic rings. The molecule has 0 saturated carbocycles. The molecule has 0 aromatic rings. The number of likely N-dealkylation sites (tertiary alicyclic amines) is 1. The zero-order valence-electron chi connectivity index (χ0n) is 11.8. The van der Waals surface area contributed by atoms with Crippen LogP contribution in [0, 0.1) is 12.3 Å². The van der Waals surface area contributed by atoms with Crippen molar-refractivity contribution in [2.24, 2.45) is 10.9 Å². The van der Waals surface area contributed by atoms with Crippen LogP contribution in [-0.4, -0.2) is 36.5 Å². The van der Waals surface area contributed by atoms with Crippen LogP contribution in [0.25, 0.3) is 0 Å². The smallest absolute Gasteiger partial charge is 0.435 e. The lowest BCUT2D eigenvalue weighted by Crippen LogP contribution is -2.27. The van der Waals surface area contributed by atoms with Gasteiger partial charge < -0.3 is 9.64 Å². The molecule has 1 heterocycles. The Labute approximate surface area is 110 Å². The van der Waals surface area contributed by atoms with Crippen LogP contribution in [0.2, 0.25) is 0 Å². The molecule has 103 valence electrons. The van der Waals surface area contributed by atoms with Crippen molar-refractivity contribution >= 4 is 11.9 Å². The van der Waals surface area contributed by atoms with Crippen molar-refractivity contribution in [1.29, 1.82) is 0 Å². The van der Waals surface area contributed by atoms with Gasteiger partial charge in [0.25, 0.3) is 0 Å². The fraction of sp³-hybridized carbons (Fsp3) is 0.786. The highest BCUT2D eigenvalue weighted by Crippen LogP contribution is 2.18. The molecule has 1 rings (SSSR count). The van der Waals surface area contributed by atoms with Gasteiger partial charge in [-0.25, -0.2) is 4.79 Å². The van der Waals surface area contributed by atoms with Gasteiger partial charge in [0.05, 0.1) is 6.61 Å². The zero-order valence-corrected chi connectivity index (χ0v) is 11.8. The largest absolute Gasteiger partial charge is 0.448 e. The van der Waals surface area contributed by atoms with Crippen LogP contribution in [0.4, 0.5) is 4.79 Å². The number of aliphatic imine (C=N–C) groups is 1. The van der Waals surface area contributed by atoms with E-state index < -0.39 is 6.09 Å². The fourth-order valence-electron chi connectivity index (χ4n) is 2.10. The number of nitrogens with zero attached hydrogens (tertiary/aromatic N) is 2. The van der Waals surface area contributed by atoms with Crippen molar-refractivity contribution in [2.75, 3.05) is 19.7 Å². The van der Waals surface area contributed by atoms with Crippen molar-refractivity contribution < 1.29 is 9.53 Å². The summed E-state index contributed by atoms with van der Waals surface area (Å²) in [7, 11) is 0.